The van der Waals surface area contributed by atoms with Crippen LogP contribution in [0.4, 0.5) is 4.39 Å². The van der Waals surface area contributed by atoms with Crippen molar-refractivity contribution in [1.82, 2.24) is 24.6 Å². The van der Waals surface area contributed by atoms with E-state index in [1.165, 1.54) is 22.1 Å². The van der Waals surface area contributed by atoms with Crippen molar-refractivity contribution < 1.29 is 9.18 Å². The Bertz CT molecular complexity index is 1050. The number of nitrogens with one attached hydrogen (secondary N) is 1. The molecule has 146 valence electrons. The molecule has 3 heterocycles. The maximum absolute atomic E-state index is 13.8. The SMILES string of the molecule is O=C(NCCCn1nc2n(c1=O)CCCC2)c1csc(-c2ccccc2F)n1. The van der Waals surface area contributed by atoms with Gasteiger partial charge in [-0.15, -0.1) is 11.3 Å². The van der Waals surface area contributed by atoms with Crippen LogP contribution in [0.1, 0.15) is 35.6 Å². The van der Waals surface area contributed by atoms with E-state index in [2.05, 4.69) is 15.4 Å². The average Bonchev–Trinajstić information content (AvgIpc) is 3.31. The molecule has 1 N–H and O–H groups in total. The van der Waals surface area contributed by atoms with Gasteiger partial charge in [0.05, 0.1) is 0 Å². The van der Waals surface area contributed by atoms with E-state index in [0.717, 1.165) is 31.6 Å². The summed E-state index contributed by atoms with van der Waals surface area (Å²) in [4.78, 5) is 28.8. The molecule has 0 unspecified atom stereocenters. The second-order valence-corrected chi connectivity index (χ2v) is 7.52. The number of aromatic nitrogens is 4. The quantitative estimate of drug-likeness (QED) is 0.644. The fourth-order valence-corrected chi connectivity index (χ4v) is 4.08. The zero-order valence-electron chi connectivity index (χ0n) is 15.2. The molecule has 0 radical (unpaired) electrons. The molecule has 3 aromatic rings. The summed E-state index contributed by atoms with van der Waals surface area (Å²) >= 11 is 1.23. The first-order valence-electron chi connectivity index (χ1n) is 9.28. The van der Waals surface area contributed by atoms with Gasteiger partial charge < -0.3 is 5.32 Å². The molecule has 9 heteroatoms. The topological polar surface area (TPSA) is 81.8 Å². The van der Waals surface area contributed by atoms with E-state index in [1.54, 1.807) is 28.1 Å². The van der Waals surface area contributed by atoms with Crippen molar-refractivity contribution in [2.75, 3.05) is 6.54 Å². The normalized spacial score (nSPS) is 13.3. The van der Waals surface area contributed by atoms with Gasteiger partial charge in [-0.2, -0.15) is 5.10 Å². The summed E-state index contributed by atoms with van der Waals surface area (Å²) in [5, 5.41) is 9.26. The van der Waals surface area contributed by atoms with Gasteiger partial charge in [-0.1, -0.05) is 12.1 Å². The van der Waals surface area contributed by atoms with Crippen LogP contribution >= 0.6 is 11.3 Å². The number of carbonyl (C=O) groups is 1. The lowest BCUT2D eigenvalue weighted by molar-refractivity contribution is 0.0948. The smallest absolute Gasteiger partial charge is 0.345 e. The first-order chi connectivity index (χ1) is 13.6. The minimum Gasteiger partial charge on any atom is -0.351 e. The van der Waals surface area contributed by atoms with Gasteiger partial charge in [-0.05, 0) is 31.4 Å². The molecule has 0 bridgehead atoms. The Morgan fingerprint density at radius 1 is 1.29 bits per heavy atom. The van der Waals surface area contributed by atoms with E-state index in [0.29, 0.717) is 30.1 Å². The van der Waals surface area contributed by atoms with Crippen LogP contribution < -0.4 is 11.0 Å². The van der Waals surface area contributed by atoms with Crippen LogP contribution in [-0.4, -0.2) is 31.8 Å². The number of carbonyl (C=O) groups excluding carboxylic acids is 1. The third-order valence-electron chi connectivity index (χ3n) is 4.70. The van der Waals surface area contributed by atoms with Crippen molar-refractivity contribution in [3.8, 4) is 10.6 Å². The molecule has 0 saturated heterocycles. The Labute approximate surface area is 164 Å². The molecule has 0 aliphatic carbocycles. The monoisotopic (exact) mass is 401 g/mol. The Balaban J connectivity index is 1.31. The van der Waals surface area contributed by atoms with Crippen LogP contribution in [-0.2, 0) is 19.5 Å². The number of hydrogen-bond acceptors (Lipinski definition) is 5. The molecule has 2 aromatic heterocycles. The van der Waals surface area contributed by atoms with Gasteiger partial charge in [-0.3, -0.25) is 9.36 Å². The van der Waals surface area contributed by atoms with Crippen molar-refractivity contribution in [2.45, 2.75) is 38.8 Å². The number of halogens is 1. The van der Waals surface area contributed by atoms with Crippen LogP contribution in [0, 0.1) is 5.82 Å². The van der Waals surface area contributed by atoms with E-state index in [1.807, 2.05) is 0 Å². The van der Waals surface area contributed by atoms with Crippen molar-refractivity contribution in [1.29, 1.82) is 0 Å². The van der Waals surface area contributed by atoms with Gasteiger partial charge in [-0.25, -0.2) is 18.9 Å². The second-order valence-electron chi connectivity index (χ2n) is 6.66. The van der Waals surface area contributed by atoms with Gasteiger partial charge in [0, 0.05) is 37.0 Å². The minimum atomic E-state index is -0.364. The maximum atomic E-state index is 13.8. The predicted molar refractivity (Wildman–Crippen MR) is 104 cm³/mol. The number of benzene rings is 1. The van der Waals surface area contributed by atoms with E-state index in [4.69, 9.17) is 0 Å². The summed E-state index contributed by atoms with van der Waals surface area (Å²) in [6.45, 7) is 1.59. The highest BCUT2D eigenvalue weighted by molar-refractivity contribution is 7.13. The number of thiazole rings is 1. The minimum absolute atomic E-state index is 0.0740. The molecule has 1 amide bonds. The molecule has 7 nitrogen and oxygen atoms in total. The lowest BCUT2D eigenvalue weighted by Crippen LogP contribution is -2.29. The van der Waals surface area contributed by atoms with Crippen LogP contribution in [0.5, 0.6) is 0 Å². The van der Waals surface area contributed by atoms with Gasteiger partial charge in [0.2, 0.25) is 0 Å². The molecule has 1 aliphatic rings. The fraction of sp³-hybridized carbons (Fsp3) is 0.368. The van der Waals surface area contributed by atoms with E-state index in [-0.39, 0.29) is 23.1 Å². The standard InChI is InChI=1S/C19H20FN5O2S/c20-14-7-2-1-6-13(14)18-22-15(12-28-18)17(26)21-9-5-11-25-19(27)24-10-4-3-8-16(24)23-25/h1-2,6-7,12H,3-5,8-11H2,(H,21,26). The zero-order chi connectivity index (χ0) is 19.5. The lowest BCUT2D eigenvalue weighted by Gasteiger charge is -2.09. The Kier molecular flexibility index (Phi) is 5.34. The van der Waals surface area contributed by atoms with E-state index >= 15 is 0 Å². The lowest BCUT2D eigenvalue weighted by atomic mass is 10.2. The number of amides is 1. The molecule has 0 atom stereocenters. The summed E-state index contributed by atoms with van der Waals surface area (Å²) in [6.07, 6.45) is 3.51. The molecule has 0 fully saturated rings. The van der Waals surface area contributed by atoms with Crippen molar-refractivity contribution in [3.63, 3.8) is 0 Å². The summed E-state index contributed by atoms with van der Waals surface area (Å²) in [7, 11) is 0. The van der Waals surface area contributed by atoms with E-state index in [9.17, 15) is 14.0 Å². The van der Waals surface area contributed by atoms with Gasteiger partial charge in [0.25, 0.3) is 5.91 Å². The van der Waals surface area contributed by atoms with Crippen molar-refractivity contribution in [2.24, 2.45) is 0 Å². The first kappa shape index (κ1) is 18.5. The molecule has 0 spiro atoms. The van der Waals surface area contributed by atoms with Crippen molar-refractivity contribution in [3.05, 3.63) is 57.5 Å². The van der Waals surface area contributed by atoms with Crippen LogP contribution in [0.3, 0.4) is 0 Å². The Morgan fingerprint density at radius 2 is 2.14 bits per heavy atom. The summed E-state index contributed by atoms with van der Waals surface area (Å²) in [5.41, 5.74) is 0.572. The van der Waals surface area contributed by atoms with Gasteiger partial charge in [0.1, 0.15) is 22.3 Å². The third kappa shape index (κ3) is 3.75. The third-order valence-corrected chi connectivity index (χ3v) is 5.58. The number of fused-ring (bicyclic) bond motifs is 1. The highest BCUT2D eigenvalue weighted by atomic mass is 32.1. The number of aryl methyl sites for hydroxylation is 2. The molecule has 0 saturated carbocycles. The van der Waals surface area contributed by atoms with Crippen LogP contribution in [0.2, 0.25) is 0 Å². The van der Waals surface area contributed by atoms with Crippen LogP contribution in [0.15, 0.2) is 34.4 Å². The highest BCUT2D eigenvalue weighted by Gasteiger charge is 2.17. The number of rotatable bonds is 6. The Morgan fingerprint density at radius 3 is 2.96 bits per heavy atom. The molecule has 1 aliphatic heterocycles. The number of hydrogen-bond donors (Lipinski definition) is 1. The molecular weight excluding hydrogens is 381 g/mol. The summed E-state index contributed by atoms with van der Waals surface area (Å²) in [5.74, 6) is 0.177. The summed E-state index contributed by atoms with van der Waals surface area (Å²) < 4.78 is 17.1. The predicted octanol–water partition coefficient (Wildman–Crippen LogP) is 2.46. The van der Waals surface area contributed by atoms with Crippen molar-refractivity contribution >= 4 is 17.2 Å². The van der Waals surface area contributed by atoms with Crippen LogP contribution in [0.25, 0.3) is 10.6 Å². The molecule has 4 rings (SSSR count). The average molecular weight is 401 g/mol. The van der Waals surface area contributed by atoms with Gasteiger partial charge in [0.15, 0.2) is 0 Å². The Hall–Kier alpha value is -2.81. The maximum Gasteiger partial charge on any atom is 0.345 e. The number of nitrogens with zero attached hydrogens (tertiary/aromatic N) is 4. The van der Waals surface area contributed by atoms with Gasteiger partial charge >= 0.3 is 5.69 Å². The first-order valence-corrected chi connectivity index (χ1v) is 10.2. The molecule has 28 heavy (non-hydrogen) atoms. The second kappa shape index (κ2) is 8.05. The fourth-order valence-electron chi connectivity index (χ4n) is 3.25. The largest absolute Gasteiger partial charge is 0.351 e. The summed E-state index contributed by atoms with van der Waals surface area (Å²) in [6, 6.07) is 6.35. The molecule has 1 aromatic carbocycles. The highest BCUT2D eigenvalue weighted by Crippen LogP contribution is 2.26. The van der Waals surface area contributed by atoms with E-state index < -0.39 is 0 Å². The zero-order valence-corrected chi connectivity index (χ0v) is 16.0. The molecular formula is C19H20FN5O2S.